The predicted molar refractivity (Wildman–Crippen MR) is 86.6 cm³/mol. The normalized spacial score (nSPS) is 19.6. The van der Waals surface area contributed by atoms with Gasteiger partial charge in [-0.25, -0.2) is 0 Å². The lowest BCUT2D eigenvalue weighted by Crippen LogP contribution is -2.29. The summed E-state index contributed by atoms with van der Waals surface area (Å²) in [6.45, 7) is 4.33. The molecule has 1 amide bonds. The second kappa shape index (κ2) is 6.06. The van der Waals surface area contributed by atoms with Gasteiger partial charge in [0.1, 0.15) is 0 Å². The number of nitrogens with zero attached hydrogens (tertiary/aromatic N) is 1. The molecule has 0 aromatic heterocycles. The Morgan fingerprint density at radius 1 is 1.38 bits per heavy atom. The molecule has 2 fully saturated rings. The Morgan fingerprint density at radius 3 is 2.71 bits per heavy atom. The lowest BCUT2D eigenvalue weighted by Gasteiger charge is -2.19. The number of hydrogen-bond donors (Lipinski definition) is 2. The van der Waals surface area contributed by atoms with Gasteiger partial charge >= 0.3 is 0 Å². The highest BCUT2D eigenvalue weighted by Gasteiger charge is 2.29. The molecular weight excluding hydrogens is 262 g/mol. The maximum atomic E-state index is 12.0. The Bertz CT molecular complexity index is 519. The van der Waals surface area contributed by atoms with Crippen molar-refractivity contribution >= 4 is 17.3 Å². The van der Waals surface area contributed by atoms with Crippen LogP contribution in [0.5, 0.6) is 0 Å². The van der Waals surface area contributed by atoms with Gasteiger partial charge in [0, 0.05) is 36.9 Å². The summed E-state index contributed by atoms with van der Waals surface area (Å²) < 4.78 is 0. The van der Waals surface area contributed by atoms with Crippen LogP contribution in [0.2, 0.25) is 0 Å². The van der Waals surface area contributed by atoms with E-state index < -0.39 is 0 Å². The van der Waals surface area contributed by atoms with Gasteiger partial charge in [0.15, 0.2) is 0 Å². The van der Waals surface area contributed by atoms with Crippen LogP contribution in [0.1, 0.15) is 37.7 Å². The van der Waals surface area contributed by atoms with E-state index in [4.69, 9.17) is 5.73 Å². The van der Waals surface area contributed by atoms with Crippen molar-refractivity contribution in [2.75, 3.05) is 23.3 Å². The Hall–Kier alpha value is -1.55. The summed E-state index contributed by atoms with van der Waals surface area (Å²) in [5.41, 5.74) is 9.30. The van der Waals surface area contributed by atoms with Gasteiger partial charge in [-0.1, -0.05) is 0 Å². The molecule has 3 N–H and O–H groups in total. The summed E-state index contributed by atoms with van der Waals surface area (Å²) in [5, 5.41) is 3.00. The van der Waals surface area contributed by atoms with Crippen LogP contribution >= 0.6 is 0 Å². The van der Waals surface area contributed by atoms with E-state index in [0.717, 1.165) is 24.3 Å². The number of carbonyl (C=O) groups is 1. The summed E-state index contributed by atoms with van der Waals surface area (Å²) in [5.74, 6) is 0.598. The average Bonchev–Trinajstić information content (AvgIpc) is 3.16. The zero-order valence-corrected chi connectivity index (χ0v) is 12.8. The van der Waals surface area contributed by atoms with E-state index in [1.54, 1.807) is 0 Å². The molecule has 3 rings (SSSR count). The van der Waals surface area contributed by atoms with Crippen LogP contribution in [0.4, 0.5) is 11.4 Å². The number of hydrogen-bond acceptors (Lipinski definition) is 3. The lowest BCUT2D eigenvalue weighted by atomic mass is 10.1. The number of nitrogens with two attached hydrogens (primary N) is 1. The molecule has 1 aliphatic carbocycles. The van der Waals surface area contributed by atoms with E-state index in [1.807, 2.05) is 6.07 Å². The fourth-order valence-corrected chi connectivity index (χ4v) is 3.07. The minimum absolute atomic E-state index is 0.0224. The van der Waals surface area contributed by atoms with Crippen LogP contribution in [-0.2, 0) is 4.79 Å². The molecule has 0 spiro atoms. The molecule has 1 unspecified atom stereocenters. The molecule has 1 aliphatic heterocycles. The van der Waals surface area contributed by atoms with Crippen LogP contribution in [0.3, 0.4) is 0 Å². The number of nitrogens with one attached hydrogen (secondary N) is 1. The molecule has 21 heavy (non-hydrogen) atoms. The molecule has 4 nitrogen and oxygen atoms in total. The Labute approximate surface area is 126 Å². The molecule has 1 saturated heterocycles. The maximum Gasteiger partial charge on any atom is 0.225 e. The van der Waals surface area contributed by atoms with Crippen LogP contribution in [-0.4, -0.2) is 25.0 Å². The van der Waals surface area contributed by atoms with Crippen molar-refractivity contribution in [3.05, 3.63) is 23.8 Å². The second-order valence-electron chi connectivity index (χ2n) is 6.45. The van der Waals surface area contributed by atoms with Gasteiger partial charge in [-0.3, -0.25) is 4.79 Å². The monoisotopic (exact) mass is 287 g/mol. The van der Waals surface area contributed by atoms with Crippen molar-refractivity contribution in [3.63, 3.8) is 0 Å². The summed E-state index contributed by atoms with van der Waals surface area (Å²) in [6, 6.07) is 6.31. The van der Waals surface area contributed by atoms with Crippen molar-refractivity contribution in [3.8, 4) is 0 Å². The van der Waals surface area contributed by atoms with E-state index in [-0.39, 0.29) is 11.9 Å². The highest BCUT2D eigenvalue weighted by atomic mass is 16.1. The van der Waals surface area contributed by atoms with Gasteiger partial charge in [0.05, 0.1) is 0 Å². The predicted octanol–water partition coefficient (Wildman–Crippen LogP) is 2.66. The highest BCUT2D eigenvalue weighted by molar-refractivity contribution is 5.92. The third-order valence-electron chi connectivity index (χ3n) is 4.60. The molecule has 0 radical (unpaired) electrons. The van der Waals surface area contributed by atoms with Crippen LogP contribution in [0, 0.1) is 12.8 Å². The smallest absolute Gasteiger partial charge is 0.225 e. The molecule has 1 heterocycles. The van der Waals surface area contributed by atoms with Gasteiger partial charge in [-0.15, -0.1) is 0 Å². The first-order valence-electron chi connectivity index (χ1n) is 8.04. The molecule has 1 aromatic rings. The van der Waals surface area contributed by atoms with E-state index >= 15 is 0 Å². The van der Waals surface area contributed by atoms with Gasteiger partial charge < -0.3 is 16.0 Å². The third kappa shape index (κ3) is 3.56. The minimum atomic E-state index is 0.0224. The number of amides is 1. The van der Waals surface area contributed by atoms with Gasteiger partial charge in [0.25, 0.3) is 0 Å². The SMILES string of the molecule is Cc1cc(N2CCCC2)ccc1NC(=O)CC(N)C1CC1. The zero-order valence-electron chi connectivity index (χ0n) is 12.8. The average molecular weight is 287 g/mol. The molecule has 0 bridgehead atoms. The second-order valence-corrected chi connectivity index (χ2v) is 6.45. The third-order valence-corrected chi connectivity index (χ3v) is 4.60. The van der Waals surface area contributed by atoms with E-state index in [0.29, 0.717) is 12.3 Å². The summed E-state index contributed by atoms with van der Waals surface area (Å²) >= 11 is 0. The van der Waals surface area contributed by atoms with Crippen molar-refractivity contribution in [2.45, 2.75) is 45.1 Å². The molecule has 4 heteroatoms. The van der Waals surface area contributed by atoms with Gasteiger partial charge in [-0.05, 0) is 62.3 Å². The molecule has 1 saturated carbocycles. The first-order chi connectivity index (χ1) is 10.1. The first kappa shape index (κ1) is 14.4. The summed E-state index contributed by atoms with van der Waals surface area (Å²) in [4.78, 5) is 14.5. The van der Waals surface area contributed by atoms with Gasteiger partial charge in [-0.2, -0.15) is 0 Å². The van der Waals surface area contributed by atoms with Gasteiger partial charge in [0.2, 0.25) is 5.91 Å². The maximum absolute atomic E-state index is 12.0. The molecule has 1 atom stereocenters. The number of benzene rings is 1. The van der Waals surface area contributed by atoms with E-state index in [1.165, 1.54) is 31.4 Å². The van der Waals surface area contributed by atoms with Crippen LogP contribution < -0.4 is 16.0 Å². The first-order valence-corrected chi connectivity index (χ1v) is 8.04. The summed E-state index contributed by atoms with van der Waals surface area (Å²) in [6.07, 6.45) is 5.33. The van der Waals surface area contributed by atoms with Crippen molar-refractivity contribution in [1.82, 2.24) is 0 Å². The molecule has 114 valence electrons. The Kier molecular flexibility index (Phi) is 4.15. The Morgan fingerprint density at radius 2 is 2.10 bits per heavy atom. The van der Waals surface area contributed by atoms with Crippen molar-refractivity contribution in [2.24, 2.45) is 11.7 Å². The largest absolute Gasteiger partial charge is 0.372 e. The van der Waals surface area contributed by atoms with Crippen molar-refractivity contribution in [1.29, 1.82) is 0 Å². The molecule has 1 aromatic carbocycles. The molecular formula is C17H25N3O. The quantitative estimate of drug-likeness (QED) is 0.875. The minimum Gasteiger partial charge on any atom is -0.372 e. The van der Waals surface area contributed by atoms with Crippen LogP contribution in [0.15, 0.2) is 18.2 Å². The lowest BCUT2D eigenvalue weighted by molar-refractivity contribution is -0.116. The fraction of sp³-hybridized carbons (Fsp3) is 0.588. The topological polar surface area (TPSA) is 58.4 Å². The zero-order chi connectivity index (χ0) is 14.8. The van der Waals surface area contributed by atoms with Crippen LogP contribution in [0.25, 0.3) is 0 Å². The standard InChI is InChI=1S/C17H25N3O/c1-12-10-14(20-8-2-3-9-20)6-7-16(12)19-17(21)11-15(18)13-4-5-13/h6-7,10,13,15H,2-5,8-9,11,18H2,1H3,(H,19,21). The van der Waals surface area contributed by atoms with E-state index in [9.17, 15) is 4.79 Å². The Balaban J connectivity index is 1.60. The summed E-state index contributed by atoms with van der Waals surface area (Å²) in [7, 11) is 0. The molecule has 2 aliphatic rings. The fourth-order valence-electron chi connectivity index (χ4n) is 3.07. The number of carbonyl (C=O) groups excluding carboxylic acids is 1. The number of anilines is 2. The number of aryl methyl sites for hydroxylation is 1. The van der Waals surface area contributed by atoms with E-state index in [2.05, 4.69) is 29.3 Å². The number of rotatable bonds is 5. The van der Waals surface area contributed by atoms with Crippen molar-refractivity contribution < 1.29 is 4.79 Å². The highest BCUT2D eigenvalue weighted by Crippen LogP contribution is 2.33.